The van der Waals surface area contributed by atoms with Gasteiger partial charge < -0.3 is 10.0 Å². The maximum absolute atomic E-state index is 13.0. The molecule has 0 atom stereocenters. The standard InChI is InChI=1S/C23H22N8O5/c1-12(33)27-22-25-8-13(9-26-22)16-2-3-17-19(28-16)20-15(10-24-17)21(35)29-23(36)31(20)14-4-6-30(7-5-14)18(34)11-32/h2-3,8-10,14,32H,4-7,11H2,1H3,(H,29,35,36)(H,25,26,27,33). The number of carbonyl (C=O) groups excluding carboxylic acids is 2. The first kappa shape index (κ1) is 23.2. The second-order valence-corrected chi connectivity index (χ2v) is 8.46. The molecule has 1 fully saturated rings. The third kappa shape index (κ3) is 4.20. The Morgan fingerprint density at radius 3 is 2.50 bits per heavy atom. The normalized spacial score (nSPS) is 14.3. The largest absolute Gasteiger partial charge is 0.387 e. The number of H-pyrrole nitrogens is 1. The van der Waals surface area contributed by atoms with Crippen LogP contribution in [0.1, 0.15) is 25.8 Å². The molecule has 0 unspecified atom stereocenters. The van der Waals surface area contributed by atoms with E-state index < -0.39 is 17.9 Å². The Morgan fingerprint density at radius 2 is 1.83 bits per heavy atom. The molecular formula is C23H22N8O5. The average Bonchev–Trinajstić information content (AvgIpc) is 2.88. The summed E-state index contributed by atoms with van der Waals surface area (Å²) in [4.78, 5) is 70.0. The summed E-state index contributed by atoms with van der Waals surface area (Å²) in [5, 5.41) is 11.9. The van der Waals surface area contributed by atoms with Crippen LogP contribution in [0.3, 0.4) is 0 Å². The molecule has 1 aliphatic rings. The Balaban J connectivity index is 1.63. The molecule has 0 aromatic carbocycles. The average molecular weight is 490 g/mol. The van der Waals surface area contributed by atoms with Gasteiger partial charge >= 0.3 is 5.69 Å². The fourth-order valence-corrected chi connectivity index (χ4v) is 4.45. The van der Waals surface area contributed by atoms with Gasteiger partial charge in [0.2, 0.25) is 17.8 Å². The number of anilines is 1. The SMILES string of the molecule is CC(=O)Nc1ncc(-c2ccc3ncc4c(=O)[nH]c(=O)n(C5CCN(C(=O)CO)CC5)c4c3n2)cn1. The van der Waals surface area contributed by atoms with Gasteiger partial charge in [-0.15, -0.1) is 0 Å². The van der Waals surface area contributed by atoms with Crippen LogP contribution in [0.25, 0.3) is 33.2 Å². The highest BCUT2D eigenvalue weighted by molar-refractivity contribution is 6.01. The number of likely N-dealkylation sites (tertiary alicyclic amines) is 1. The number of piperidine rings is 1. The van der Waals surface area contributed by atoms with Crippen molar-refractivity contribution in [3.63, 3.8) is 0 Å². The summed E-state index contributed by atoms with van der Waals surface area (Å²) in [6, 6.07) is 3.17. The van der Waals surface area contributed by atoms with Crippen molar-refractivity contribution in [3.8, 4) is 11.3 Å². The molecule has 184 valence electrons. The number of hydrogen-bond donors (Lipinski definition) is 3. The molecule has 13 heteroatoms. The van der Waals surface area contributed by atoms with Crippen molar-refractivity contribution in [2.24, 2.45) is 0 Å². The molecule has 0 bridgehead atoms. The fourth-order valence-electron chi connectivity index (χ4n) is 4.45. The molecule has 36 heavy (non-hydrogen) atoms. The van der Waals surface area contributed by atoms with Gasteiger partial charge in [0.1, 0.15) is 12.1 Å². The number of hydrogen-bond acceptors (Lipinski definition) is 9. The molecule has 4 aromatic rings. The molecule has 1 saturated heterocycles. The predicted octanol–water partition coefficient (Wildman–Crippen LogP) is 0.204. The van der Waals surface area contributed by atoms with Gasteiger partial charge in [0.15, 0.2) is 0 Å². The maximum Gasteiger partial charge on any atom is 0.329 e. The van der Waals surface area contributed by atoms with Crippen LogP contribution >= 0.6 is 0 Å². The van der Waals surface area contributed by atoms with Crippen molar-refractivity contribution in [2.45, 2.75) is 25.8 Å². The van der Waals surface area contributed by atoms with E-state index in [4.69, 9.17) is 10.1 Å². The van der Waals surface area contributed by atoms with Crippen molar-refractivity contribution < 1.29 is 14.7 Å². The summed E-state index contributed by atoms with van der Waals surface area (Å²) < 4.78 is 1.52. The highest BCUT2D eigenvalue weighted by Gasteiger charge is 2.26. The van der Waals surface area contributed by atoms with E-state index in [1.807, 2.05) is 0 Å². The van der Waals surface area contributed by atoms with Crippen LogP contribution in [-0.2, 0) is 9.59 Å². The Labute approximate surface area is 202 Å². The van der Waals surface area contributed by atoms with Crippen LogP contribution in [0.2, 0.25) is 0 Å². The zero-order valence-electron chi connectivity index (χ0n) is 19.3. The van der Waals surface area contributed by atoms with Crippen molar-refractivity contribution in [1.82, 2.24) is 34.4 Å². The van der Waals surface area contributed by atoms with Crippen molar-refractivity contribution >= 4 is 39.7 Å². The third-order valence-electron chi connectivity index (χ3n) is 6.16. The zero-order chi connectivity index (χ0) is 25.4. The second kappa shape index (κ2) is 9.26. The number of nitrogens with zero attached hydrogens (tertiary/aromatic N) is 6. The predicted molar refractivity (Wildman–Crippen MR) is 129 cm³/mol. The van der Waals surface area contributed by atoms with Crippen LogP contribution < -0.4 is 16.6 Å². The monoisotopic (exact) mass is 490 g/mol. The first-order valence-electron chi connectivity index (χ1n) is 11.3. The van der Waals surface area contributed by atoms with Gasteiger partial charge in [-0.25, -0.2) is 19.7 Å². The van der Waals surface area contributed by atoms with Gasteiger partial charge in [-0.3, -0.25) is 34.2 Å². The molecule has 5 rings (SSSR count). The highest BCUT2D eigenvalue weighted by atomic mass is 16.3. The number of nitrogens with one attached hydrogen (secondary N) is 2. The minimum absolute atomic E-state index is 0.158. The lowest BCUT2D eigenvalue weighted by Gasteiger charge is -2.33. The van der Waals surface area contributed by atoms with E-state index >= 15 is 0 Å². The lowest BCUT2D eigenvalue weighted by Crippen LogP contribution is -2.43. The Hall–Kier alpha value is -4.52. The highest BCUT2D eigenvalue weighted by Crippen LogP contribution is 2.28. The molecule has 0 spiro atoms. The first-order chi connectivity index (χ1) is 17.4. The van der Waals surface area contributed by atoms with E-state index in [0.717, 1.165) is 0 Å². The topological polar surface area (TPSA) is 176 Å². The molecule has 0 saturated carbocycles. The molecule has 13 nitrogen and oxygen atoms in total. The minimum Gasteiger partial charge on any atom is -0.387 e. The summed E-state index contributed by atoms with van der Waals surface area (Å²) in [6.45, 7) is 1.54. The molecule has 2 amide bonds. The van der Waals surface area contributed by atoms with Crippen LogP contribution in [0.15, 0.2) is 40.3 Å². The van der Waals surface area contributed by atoms with Crippen LogP contribution in [-0.4, -0.2) is 71.0 Å². The van der Waals surface area contributed by atoms with Gasteiger partial charge in [-0.2, -0.15) is 0 Å². The number of carbonyl (C=O) groups is 2. The lowest BCUT2D eigenvalue weighted by atomic mass is 10.0. The number of pyridine rings is 2. The summed E-state index contributed by atoms with van der Waals surface area (Å²) in [5.74, 6) is -0.496. The summed E-state index contributed by atoms with van der Waals surface area (Å²) in [6.07, 6.45) is 5.38. The zero-order valence-corrected chi connectivity index (χ0v) is 19.3. The number of aliphatic hydroxyl groups is 1. The van der Waals surface area contributed by atoms with Crippen LogP contribution in [0, 0.1) is 0 Å². The van der Waals surface area contributed by atoms with Crippen molar-refractivity contribution in [2.75, 3.05) is 25.0 Å². The van der Waals surface area contributed by atoms with Gasteiger partial charge in [0.05, 0.1) is 22.1 Å². The van der Waals surface area contributed by atoms with Gasteiger partial charge in [-0.1, -0.05) is 0 Å². The molecule has 1 aliphatic heterocycles. The van der Waals surface area contributed by atoms with Gasteiger partial charge in [-0.05, 0) is 25.0 Å². The Kier molecular flexibility index (Phi) is 5.98. The van der Waals surface area contributed by atoms with Crippen molar-refractivity contribution in [3.05, 3.63) is 51.6 Å². The maximum atomic E-state index is 13.0. The number of amides is 2. The first-order valence-corrected chi connectivity index (χ1v) is 11.3. The molecule has 4 aromatic heterocycles. The lowest BCUT2D eigenvalue weighted by molar-refractivity contribution is -0.135. The van der Waals surface area contributed by atoms with E-state index in [2.05, 4.69) is 25.3 Å². The number of aliphatic hydroxyl groups excluding tert-OH is 1. The fraction of sp³-hybridized carbons (Fsp3) is 0.304. The molecule has 0 radical (unpaired) electrons. The number of fused-ring (bicyclic) bond motifs is 3. The smallest absolute Gasteiger partial charge is 0.329 e. The Morgan fingerprint density at radius 1 is 1.11 bits per heavy atom. The molecule has 5 heterocycles. The van der Waals surface area contributed by atoms with E-state index in [-0.39, 0.29) is 29.2 Å². The summed E-state index contributed by atoms with van der Waals surface area (Å²) in [5.41, 5.74) is 1.15. The number of rotatable bonds is 4. The summed E-state index contributed by atoms with van der Waals surface area (Å²) >= 11 is 0. The number of aromatic nitrogens is 6. The van der Waals surface area contributed by atoms with Crippen LogP contribution in [0.4, 0.5) is 5.95 Å². The number of aromatic amines is 1. The van der Waals surface area contributed by atoms with E-state index in [9.17, 15) is 19.2 Å². The van der Waals surface area contributed by atoms with Gasteiger partial charge in [0.25, 0.3) is 5.56 Å². The van der Waals surface area contributed by atoms with E-state index in [0.29, 0.717) is 53.7 Å². The molecule has 3 N–H and O–H groups in total. The Bertz CT molecular complexity index is 1600. The van der Waals surface area contributed by atoms with E-state index in [1.165, 1.54) is 30.1 Å². The third-order valence-corrected chi connectivity index (χ3v) is 6.16. The van der Waals surface area contributed by atoms with Gasteiger partial charge in [0, 0.05) is 50.2 Å². The van der Waals surface area contributed by atoms with Crippen LogP contribution in [0.5, 0.6) is 0 Å². The van der Waals surface area contributed by atoms with Crippen molar-refractivity contribution in [1.29, 1.82) is 0 Å². The minimum atomic E-state index is -0.567. The van der Waals surface area contributed by atoms with E-state index in [1.54, 1.807) is 17.0 Å². The quantitative estimate of drug-likeness (QED) is 0.337. The molecule has 0 aliphatic carbocycles. The molecular weight excluding hydrogens is 468 g/mol. The summed E-state index contributed by atoms with van der Waals surface area (Å²) in [7, 11) is 0. The second-order valence-electron chi connectivity index (χ2n) is 8.46.